The number of unbranched alkanes of at least 4 members (excludes halogenated alkanes) is 6. The van der Waals surface area contributed by atoms with E-state index in [9.17, 15) is 5.21 Å². The first-order chi connectivity index (χ1) is 9.12. The Morgan fingerprint density at radius 1 is 0.737 bits per heavy atom. The van der Waals surface area contributed by atoms with Gasteiger partial charge < -0.3 is 15.2 Å². The van der Waals surface area contributed by atoms with Crippen LogP contribution in [0.25, 0.3) is 0 Å². The van der Waals surface area contributed by atoms with Crippen molar-refractivity contribution in [2.24, 2.45) is 0 Å². The monoisotopic (exact) mass is 272 g/mol. The molecule has 0 bridgehead atoms. The van der Waals surface area contributed by atoms with E-state index in [1.54, 1.807) is 7.05 Å². The van der Waals surface area contributed by atoms with Gasteiger partial charge in [-0.1, -0.05) is 52.4 Å². The summed E-state index contributed by atoms with van der Waals surface area (Å²) >= 11 is 0. The minimum atomic E-state index is -0.0738. The zero-order chi connectivity index (χ0) is 14.4. The molecule has 0 fully saturated rings. The van der Waals surface area contributed by atoms with Gasteiger partial charge in [-0.3, -0.25) is 0 Å². The maximum absolute atomic E-state index is 11.9. The molecule has 0 saturated heterocycles. The third-order valence-electron chi connectivity index (χ3n) is 3.64. The van der Waals surface area contributed by atoms with Crippen molar-refractivity contribution in [1.82, 2.24) is 5.32 Å². The Balaban J connectivity index is 3.14. The van der Waals surface area contributed by atoms with Crippen molar-refractivity contribution in [3.63, 3.8) is 0 Å². The average molecular weight is 272 g/mol. The molecule has 0 aromatic carbocycles. The SMILES string of the molecule is CCCCCCCCCNCCC[N+](C)([O-])CCC. The molecule has 0 aliphatic heterocycles. The fraction of sp³-hybridized carbons (Fsp3) is 1.00. The second-order valence-electron chi connectivity index (χ2n) is 5.97. The fourth-order valence-electron chi connectivity index (χ4n) is 2.46. The maximum atomic E-state index is 11.9. The smallest absolute Gasteiger partial charge is 0.0794 e. The zero-order valence-electron chi connectivity index (χ0n) is 13.5. The van der Waals surface area contributed by atoms with Crippen molar-refractivity contribution in [2.75, 3.05) is 33.2 Å². The molecule has 0 heterocycles. The summed E-state index contributed by atoms with van der Waals surface area (Å²) < 4.78 is -0.0738. The lowest BCUT2D eigenvalue weighted by atomic mass is 10.1. The van der Waals surface area contributed by atoms with E-state index in [0.29, 0.717) is 0 Å². The number of nitrogens with one attached hydrogen (secondary N) is 1. The van der Waals surface area contributed by atoms with E-state index < -0.39 is 0 Å². The van der Waals surface area contributed by atoms with Crippen LogP contribution in [0.3, 0.4) is 0 Å². The summed E-state index contributed by atoms with van der Waals surface area (Å²) in [6, 6.07) is 0. The van der Waals surface area contributed by atoms with Gasteiger partial charge in [-0.2, -0.15) is 0 Å². The predicted molar refractivity (Wildman–Crippen MR) is 85.1 cm³/mol. The van der Waals surface area contributed by atoms with Gasteiger partial charge in [0.15, 0.2) is 0 Å². The highest BCUT2D eigenvalue weighted by Crippen LogP contribution is 2.06. The summed E-state index contributed by atoms with van der Waals surface area (Å²) in [4.78, 5) is 0. The third kappa shape index (κ3) is 14.1. The third-order valence-corrected chi connectivity index (χ3v) is 3.64. The fourth-order valence-corrected chi connectivity index (χ4v) is 2.46. The van der Waals surface area contributed by atoms with Crippen LogP contribution >= 0.6 is 0 Å². The normalized spacial score (nSPS) is 14.5. The summed E-state index contributed by atoms with van der Waals surface area (Å²) in [5, 5.41) is 15.3. The molecule has 0 spiro atoms. The van der Waals surface area contributed by atoms with Crippen LogP contribution in [0, 0.1) is 5.21 Å². The number of rotatable bonds is 14. The summed E-state index contributed by atoms with van der Waals surface area (Å²) in [6.07, 6.45) is 11.5. The minimum absolute atomic E-state index is 0.0738. The molecule has 0 rings (SSSR count). The summed E-state index contributed by atoms with van der Waals surface area (Å²) in [6.45, 7) is 7.94. The van der Waals surface area contributed by atoms with Crippen molar-refractivity contribution >= 4 is 0 Å². The molecular weight excluding hydrogens is 236 g/mol. The highest BCUT2D eigenvalue weighted by Gasteiger charge is 2.06. The molecule has 1 unspecified atom stereocenters. The number of hydroxylamine groups is 3. The van der Waals surface area contributed by atoms with Crippen LogP contribution in [0.2, 0.25) is 0 Å². The Morgan fingerprint density at radius 3 is 1.95 bits per heavy atom. The molecule has 0 aromatic rings. The Kier molecular flexibility index (Phi) is 12.8. The molecule has 1 atom stereocenters. The van der Waals surface area contributed by atoms with Gasteiger partial charge in [0.2, 0.25) is 0 Å². The molecule has 0 aromatic heterocycles. The molecule has 19 heavy (non-hydrogen) atoms. The molecular formula is C16H36N2O. The van der Waals surface area contributed by atoms with E-state index in [2.05, 4.69) is 19.2 Å². The second-order valence-corrected chi connectivity index (χ2v) is 5.97. The minimum Gasteiger partial charge on any atom is -0.633 e. The van der Waals surface area contributed by atoms with Gasteiger partial charge in [0.25, 0.3) is 0 Å². The Hall–Kier alpha value is -0.120. The average Bonchev–Trinajstić information content (AvgIpc) is 2.36. The number of hydrogen-bond acceptors (Lipinski definition) is 2. The molecule has 0 aliphatic carbocycles. The van der Waals surface area contributed by atoms with Crippen molar-refractivity contribution in [2.45, 2.75) is 71.6 Å². The predicted octanol–water partition coefficient (Wildman–Crippen LogP) is 4.07. The molecule has 0 radical (unpaired) electrons. The molecule has 1 N–H and O–H groups in total. The first-order valence-corrected chi connectivity index (χ1v) is 8.38. The van der Waals surface area contributed by atoms with Crippen LogP contribution in [0.15, 0.2) is 0 Å². The van der Waals surface area contributed by atoms with Gasteiger partial charge in [0, 0.05) is 13.0 Å². The van der Waals surface area contributed by atoms with Gasteiger partial charge >= 0.3 is 0 Å². The molecule has 3 heteroatoms. The van der Waals surface area contributed by atoms with E-state index in [4.69, 9.17) is 0 Å². The zero-order valence-corrected chi connectivity index (χ0v) is 13.5. The van der Waals surface area contributed by atoms with Gasteiger partial charge in [0.05, 0.1) is 20.1 Å². The number of quaternary nitrogens is 1. The highest BCUT2D eigenvalue weighted by molar-refractivity contribution is 4.51. The van der Waals surface area contributed by atoms with Gasteiger partial charge in [-0.05, 0) is 19.4 Å². The number of nitrogens with zero attached hydrogens (tertiary/aromatic N) is 1. The number of hydrogen-bond donors (Lipinski definition) is 1. The van der Waals surface area contributed by atoms with Crippen LogP contribution < -0.4 is 5.32 Å². The Labute approximate surface area is 120 Å². The van der Waals surface area contributed by atoms with Crippen molar-refractivity contribution < 1.29 is 4.65 Å². The van der Waals surface area contributed by atoms with Crippen molar-refractivity contribution in [3.8, 4) is 0 Å². The summed E-state index contributed by atoms with van der Waals surface area (Å²) in [5.41, 5.74) is 0. The van der Waals surface area contributed by atoms with Crippen LogP contribution in [-0.2, 0) is 0 Å². The molecule has 0 aliphatic rings. The topological polar surface area (TPSA) is 35.1 Å². The quantitative estimate of drug-likeness (QED) is 0.294. The lowest BCUT2D eigenvalue weighted by molar-refractivity contribution is -0.860. The second kappa shape index (κ2) is 12.9. The van der Waals surface area contributed by atoms with E-state index in [-0.39, 0.29) is 4.65 Å². The largest absolute Gasteiger partial charge is 0.633 e. The summed E-state index contributed by atoms with van der Waals surface area (Å²) in [5.74, 6) is 0. The van der Waals surface area contributed by atoms with E-state index in [0.717, 1.165) is 39.0 Å². The van der Waals surface area contributed by atoms with Gasteiger partial charge in [-0.25, -0.2) is 0 Å². The van der Waals surface area contributed by atoms with Crippen LogP contribution in [0.1, 0.15) is 71.6 Å². The lowest BCUT2D eigenvalue weighted by Gasteiger charge is -2.38. The maximum Gasteiger partial charge on any atom is 0.0794 e. The van der Waals surface area contributed by atoms with E-state index in [1.165, 1.54) is 44.9 Å². The van der Waals surface area contributed by atoms with Gasteiger partial charge in [0.1, 0.15) is 0 Å². The van der Waals surface area contributed by atoms with Crippen molar-refractivity contribution in [3.05, 3.63) is 5.21 Å². The molecule has 0 saturated carbocycles. The molecule has 0 amide bonds. The standard InChI is InChI=1S/C16H36N2O/c1-4-6-7-8-9-10-11-13-17-14-12-16-18(3,19)15-5-2/h17H,4-16H2,1-3H3. The van der Waals surface area contributed by atoms with Crippen LogP contribution in [0.5, 0.6) is 0 Å². The first-order valence-electron chi connectivity index (χ1n) is 8.38. The van der Waals surface area contributed by atoms with Crippen molar-refractivity contribution in [1.29, 1.82) is 0 Å². The highest BCUT2D eigenvalue weighted by atomic mass is 16.5. The first kappa shape index (κ1) is 18.9. The lowest BCUT2D eigenvalue weighted by Crippen LogP contribution is -2.40. The van der Waals surface area contributed by atoms with Gasteiger partial charge in [-0.15, -0.1) is 0 Å². The molecule has 3 nitrogen and oxygen atoms in total. The Morgan fingerprint density at radius 2 is 1.32 bits per heavy atom. The van der Waals surface area contributed by atoms with Crippen LogP contribution in [0.4, 0.5) is 0 Å². The van der Waals surface area contributed by atoms with E-state index >= 15 is 0 Å². The Bertz CT molecular complexity index is 184. The van der Waals surface area contributed by atoms with E-state index in [1.807, 2.05) is 0 Å². The van der Waals surface area contributed by atoms with Crippen LogP contribution in [-0.4, -0.2) is 37.9 Å². The molecule has 116 valence electrons. The summed E-state index contributed by atoms with van der Waals surface area (Å²) in [7, 11) is 1.79.